The summed E-state index contributed by atoms with van der Waals surface area (Å²) in [6.45, 7) is 5.47. The van der Waals surface area contributed by atoms with Crippen molar-refractivity contribution in [1.29, 1.82) is 0 Å². The summed E-state index contributed by atoms with van der Waals surface area (Å²) in [7, 11) is -2.57. The molecule has 2 aromatic carbocycles. The average molecular weight is 479 g/mol. The lowest BCUT2D eigenvalue weighted by Crippen LogP contribution is -2.35. The maximum Gasteiger partial charge on any atom is 0.382 e. The molecule has 0 fully saturated rings. The van der Waals surface area contributed by atoms with Crippen molar-refractivity contribution in [3.8, 4) is 11.5 Å². The first-order chi connectivity index (χ1) is 15.2. The third-order valence-corrected chi connectivity index (χ3v) is 5.87. The second-order valence-electron chi connectivity index (χ2n) is 6.82. The van der Waals surface area contributed by atoms with E-state index in [0.717, 1.165) is 12.8 Å². The Labute approximate surface area is 183 Å². The van der Waals surface area contributed by atoms with Crippen molar-refractivity contribution in [1.82, 2.24) is 5.09 Å². The minimum absolute atomic E-state index is 0.165. The van der Waals surface area contributed by atoms with Crippen molar-refractivity contribution in [2.24, 2.45) is 5.92 Å². The van der Waals surface area contributed by atoms with Crippen LogP contribution in [0.2, 0.25) is 0 Å². The monoisotopic (exact) mass is 479 g/mol. The van der Waals surface area contributed by atoms with Gasteiger partial charge in [-0.2, -0.15) is 8.78 Å². The molecule has 11 heteroatoms. The maximum atomic E-state index is 14.1. The first-order valence-electron chi connectivity index (χ1n) is 9.84. The predicted octanol–water partition coefficient (Wildman–Crippen LogP) is 6.02. The first-order valence-corrected chi connectivity index (χ1v) is 11.0. The van der Waals surface area contributed by atoms with Gasteiger partial charge in [-0.05, 0) is 25.0 Å². The van der Waals surface area contributed by atoms with E-state index in [0.29, 0.717) is 0 Å². The molecule has 2 atom stereocenters. The Morgan fingerprint density at radius 1 is 0.906 bits per heavy atom. The second kappa shape index (κ2) is 12.0. The zero-order chi connectivity index (χ0) is 23.8. The minimum Gasteiger partial charge on any atom is -0.464 e. The molecule has 0 amide bonds. The number of carbonyl (C=O) groups is 1. The summed E-state index contributed by atoms with van der Waals surface area (Å²) in [5.41, 5.74) is 0. The van der Waals surface area contributed by atoms with Crippen LogP contribution in [0.15, 0.2) is 30.3 Å². The molecule has 0 aliphatic carbocycles. The van der Waals surface area contributed by atoms with Gasteiger partial charge in [-0.3, -0.25) is 4.79 Å². The van der Waals surface area contributed by atoms with E-state index < -0.39 is 55.4 Å². The Morgan fingerprint density at radius 3 is 1.97 bits per heavy atom. The Morgan fingerprint density at radius 2 is 1.44 bits per heavy atom. The van der Waals surface area contributed by atoms with Crippen molar-refractivity contribution in [2.75, 3.05) is 6.61 Å². The second-order valence-corrected chi connectivity index (χ2v) is 7.95. The maximum absolute atomic E-state index is 14.1. The molecule has 0 heterocycles. The van der Waals surface area contributed by atoms with E-state index >= 15 is 0 Å². The molecule has 2 rings (SSSR count). The topological polar surface area (TPSA) is 56.8 Å². The van der Waals surface area contributed by atoms with Crippen molar-refractivity contribution >= 4 is 14.5 Å². The Hall–Kier alpha value is -2.45. The molecule has 0 bridgehead atoms. The van der Waals surface area contributed by atoms with Gasteiger partial charge in [0.15, 0.2) is 0 Å². The largest absolute Gasteiger partial charge is 0.464 e. The SMILES string of the molecule is CCC(CC)COC(=O)[C@H](C)NP(Oc1ccccc1)Oc1c(F)c(F)c(F)c(F)c1F. The normalized spacial score (nSPS) is 13.0. The average Bonchev–Trinajstić information content (AvgIpc) is 2.80. The van der Waals surface area contributed by atoms with Gasteiger partial charge in [-0.1, -0.05) is 44.9 Å². The number of benzene rings is 2. The van der Waals surface area contributed by atoms with Crippen molar-refractivity contribution in [3.05, 3.63) is 59.4 Å². The number of hydrogen-bond acceptors (Lipinski definition) is 5. The third kappa shape index (κ3) is 6.53. The lowest BCUT2D eigenvalue weighted by atomic mass is 10.1. The van der Waals surface area contributed by atoms with Crippen molar-refractivity contribution in [2.45, 2.75) is 39.7 Å². The fourth-order valence-corrected chi connectivity index (χ4v) is 3.66. The third-order valence-electron chi connectivity index (χ3n) is 4.54. The van der Waals surface area contributed by atoms with Crippen LogP contribution in [0.25, 0.3) is 0 Å². The molecule has 0 aliphatic heterocycles. The van der Waals surface area contributed by atoms with E-state index in [1.54, 1.807) is 18.2 Å². The fraction of sp³-hybridized carbons (Fsp3) is 0.381. The van der Waals surface area contributed by atoms with Crippen LogP contribution in [0.4, 0.5) is 22.0 Å². The smallest absolute Gasteiger partial charge is 0.382 e. The van der Waals surface area contributed by atoms with Crippen LogP contribution in [0.5, 0.6) is 11.5 Å². The van der Waals surface area contributed by atoms with Gasteiger partial charge in [-0.25, -0.2) is 18.3 Å². The Balaban J connectivity index is 2.23. The van der Waals surface area contributed by atoms with E-state index in [-0.39, 0.29) is 18.3 Å². The molecule has 2 aromatic rings. The van der Waals surface area contributed by atoms with Crippen LogP contribution >= 0.6 is 8.53 Å². The number of esters is 1. The first kappa shape index (κ1) is 25.8. The Bertz CT molecular complexity index is 886. The van der Waals surface area contributed by atoms with Gasteiger partial charge in [0.05, 0.1) is 6.61 Å². The van der Waals surface area contributed by atoms with E-state index in [1.807, 2.05) is 13.8 Å². The van der Waals surface area contributed by atoms with Crippen LogP contribution in [0, 0.1) is 35.0 Å². The fourth-order valence-electron chi connectivity index (χ4n) is 2.46. The van der Waals surface area contributed by atoms with Crippen LogP contribution in [0.3, 0.4) is 0 Å². The number of carbonyl (C=O) groups excluding carboxylic acids is 1. The van der Waals surface area contributed by atoms with Gasteiger partial charge in [-0.15, -0.1) is 0 Å². The quantitative estimate of drug-likeness (QED) is 0.140. The van der Waals surface area contributed by atoms with Crippen LogP contribution in [-0.4, -0.2) is 18.6 Å². The highest BCUT2D eigenvalue weighted by Gasteiger charge is 2.32. The number of halogens is 5. The molecule has 1 unspecified atom stereocenters. The molecule has 5 nitrogen and oxygen atoms in total. The highest BCUT2D eigenvalue weighted by Crippen LogP contribution is 2.41. The summed E-state index contributed by atoms with van der Waals surface area (Å²) in [4.78, 5) is 12.3. The molecule has 0 radical (unpaired) electrons. The summed E-state index contributed by atoms with van der Waals surface area (Å²) in [5.74, 6) is -12.8. The number of ether oxygens (including phenoxy) is 1. The van der Waals surface area contributed by atoms with E-state index in [1.165, 1.54) is 19.1 Å². The van der Waals surface area contributed by atoms with E-state index in [4.69, 9.17) is 13.8 Å². The summed E-state index contributed by atoms with van der Waals surface area (Å²) >= 11 is 0. The van der Waals surface area contributed by atoms with Crippen LogP contribution < -0.4 is 14.1 Å². The lowest BCUT2D eigenvalue weighted by molar-refractivity contribution is -0.146. The highest BCUT2D eigenvalue weighted by molar-refractivity contribution is 7.45. The van der Waals surface area contributed by atoms with Crippen LogP contribution in [0.1, 0.15) is 33.6 Å². The summed E-state index contributed by atoms with van der Waals surface area (Å²) in [6.07, 6.45) is 1.61. The molecule has 0 saturated heterocycles. The molecular formula is C21H23F5NO4P. The van der Waals surface area contributed by atoms with Crippen molar-refractivity contribution in [3.63, 3.8) is 0 Å². The summed E-state index contributed by atoms with van der Waals surface area (Å²) in [5, 5.41) is 2.56. The molecule has 176 valence electrons. The molecule has 1 N–H and O–H groups in total. The van der Waals surface area contributed by atoms with Gasteiger partial charge in [0.25, 0.3) is 0 Å². The standard InChI is InChI=1S/C21H23F5NO4P/c1-4-13(5-2)11-29-21(28)12(3)27-32(30-14-9-7-6-8-10-14)31-20-18(25)16(23)15(22)17(24)19(20)26/h6-10,12-13,27H,4-5,11H2,1-3H3/t12-,32?/m0/s1. The molecule has 0 spiro atoms. The van der Waals surface area contributed by atoms with Gasteiger partial charge in [0.2, 0.25) is 34.8 Å². The van der Waals surface area contributed by atoms with Gasteiger partial charge in [0, 0.05) is 0 Å². The highest BCUT2D eigenvalue weighted by atomic mass is 31.2. The predicted molar refractivity (Wildman–Crippen MR) is 108 cm³/mol. The molecule has 0 aliphatic rings. The zero-order valence-electron chi connectivity index (χ0n) is 17.6. The van der Waals surface area contributed by atoms with Crippen LogP contribution in [-0.2, 0) is 9.53 Å². The molecule has 0 saturated carbocycles. The van der Waals surface area contributed by atoms with Gasteiger partial charge < -0.3 is 13.8 Å². The number of hydrogen-bond donors (Lipinski definition) is 1. The summed E-state index contributed by atoms with van der Waals surface area (Å²) in [6, 6.07) is 6.75. The van der Waals surface area contributed by atoms with Gasteiger partial charge in [0.1, 0.15) is 11.8 Å². The number of para-hydroxylation sites is 1. The minimum atomic E-state index is -2.57. The van der Waals surface area contributed by atoms with E-state index in [2.05, 4.69) is 5.09 Å². The van der Waals surface area contributed by atoms with Gasteiger partial charge >= 0.3 is 14.5 Å². The molecular weight excluding hydrogens is 456 g/mol. The number of nitrogens with one attached hydrogen (secondary N) is 1. The Kier molecular flexibility index (Phi) is 9.65. The van der Waals surface area contributed by atoms with E-state index in [9.17, 15) is 26.7 Å². The molecule has 0 aromatic heterocycles. The summed E-state index contributed by atoms with van der Waals surface area (Å²) < 4.78 is 84.3. The lowest BCUT2D eigenvalue weighted by Gasteiger charge is -2.23. The zero-order valence-corrected chi connectivity index (χ0v) is 18.5. The number of rotatable bonds is 11. The molecule has 32 heavy (non-hydrogen) atoms. The van der Waals surface area contributed by atoms with Crippen molar-refractivity contribution < 1.29 is 40.5 Å².